The zero-order valence-corrected chi connectivity index (χ0v) is 33.3. The first-order valence-electron chi connectivity index (χ1n) is 20.3. The van der Waals surface area contributed by atoms with Crippen LogP contribution in [0.2, 0.25) is 0 Å². The summed E-state index contributed by atoms with van der Waals surface area (Å²) in [5.41, 5.74) is 3.79. The molecule has 4 amide bonds. The Bertz CT molecular complexity index is 2130. The number of amides is 4. The Morgan fingerprint density at radius 2 is 1.45 bits per heavy atom. The van der Waals surface area contributed by atoms with Gasteiger partial charge in [0.05, 0.1) is 18.2 Å². The minimum Gasteiger partial charge on any atom is -0.497 e. The molecule has 2 unspecified atom stereocenters. The number of benzene rings is 2. The monoisotopic (exact) mass is 770 g/mol. The number of nitrogens with zero attached hydrogens (tertiary/aromatic N) is 5. The normalized spacial score (nSPS) is 25.9. The Balaban J connectivity index is 1.08. The SMILES string of the molecule is COc1ccc(-c2c(C3CCCCC3)c3ccc(C(=O)NS(=O)(=O)N(C)C)cc3n2CC2(C(=O)N3CC45CCC4(CN(C(=O)N4CCCC4)C5)C3)CC2)cc1. The second-order valence-corrected chi connectivity index (χ2v) is 19.6. The Labute approximate surface area is 324 Å². The smallest absolute Gasteiger partial charge is 0.320 e. The molecule has 1 N–H and O–H groups in total. The van der Waals surface area contributed by atoms with Crippen molar-refractivity contribution >= 4 is 39.0 Å². The lowest BCUT2D eigenvalue weighted by Crippen LogP contribution is -2.49. The summed E-state index contributed by atoms with van der Waals surface area (Å²) in [6.45, 7) is 5.04. The van der Waals surface area contributed by atoms with Crippen molar-refractivity contribution in [3.8, 4) is 17.0 Å². The molecule has 6 aliphatic rings. The Morgan fingerprint density at radius 3 is 2.04 bits per heavy atom. The van der Waals surface area contributed by atoms with Gasteiger partial charge in [0, 0.05) is 87.2 Å². The van der Waals surface area contributed by atoms with E-state index in [1.807, 2.05) is 29.2 Å². The van der Waals surface area contributed by atoms with Gasteiger partial charge in [-0.3, -0.25) is 9.59 Å². The fourth-order valence-corrected chi connectivity index (χ4v) is 11.5. The third kappa shape index (κ3) is 5.93. The number of urea groups is 1. The number of likely N-dealkylation sites (tertiary alicyclic amines) is 3. The molecule has 3 saturated carbocycles. The number of carbonyl (C=O) groups is 3. The number of carbonyl (C=O) groups excluding carboxylic acids is 3. The van der Waals surface area contributed by atoms with E-state index in [-0.39, 0.29) is 28.3 Å². The fourth-order valence-electron chi connectivity index (χ4n) is 10.9. The molecule has 2 aromatic carbocycles. The number of hydrogen-bond acceptors (Lipinski definition) is 6. The highest BCUT2D eigenvalue weighted by Gasteiger charge is 2.71. The van der Waals surface area contributed by atoms with E-state index < -0.39 is 21.5 Å². The van der Waals surface area contributed by atoms with Crippen molar-refractivity contribution in [3.63, 3.8) is 0 Å². The summed E-state index contributed by atoms with van der Waals surface area (Å²) >= 11 is 0. The summed E-state index contributed by atoms with van der Waals surface area (Å²) in [5, 5.41) is 1.04. The molecule has 0 bridgehead atoms. The van der Waals surface area contributed by atoms with Crippen LogP contribution in [0.1, 0.15) is 92.5 Å². The van der Waals surface area contributed by atoms with Gasteiger partial charge in [-0.25, -0.2) is 9.52 Å². The van der Waals surface area contributed by atoms with Crippen molar-refractivity contribution in [1.82, 2.24) is 28.3 Å². The number of fused-ring (bicyclic) bond motifs is 1. The molecule has 3 aromatic rings. The van der Waals surface area contributed by atoms with Gasteiger partial charge in [0.25, 0.3) is 5.91 Å². The van der Waals surface area contributed by atoms with Crippen LogP contribution in [0.15, 0.2) is 42.5 Å². The molecule has 0 spiro atoms. The maximum absolute atomic E-state index is 14.9. The molecule has 294 valence electrons. The van der Waals surface area contributed by atoms with Crippen LogP contribution in [0.4, 0.5) is 4.79 Å². The van der Waals surface area contributed by atoms with E-state index in [2.05, 4.69) is 31.2 Å². The summed E-state index contributed by atoms with van der Waals surface area (Å²) in [4.78, 5) is 48.1. The zero-order valence-electron chi connectivity index (χ0n) is 32.4. The van der Waals surface area contributed by atoms with Crippen molar-refractivity contribution < 1.29 is 27.5 Å². The molecule has 6 fully saturated rings. The molecule has 3 aliphatic carbocycles. The van der Waals surface area contributed by atoms with Gasteiger partial charge in [-0.15, -0.1) is 0 Å². The van der Waals surface area contributed by atoms with E-state index in [1.54, 1.807) is 13.2 Å². The molecular weight excluding hydrogens is 717 g/mol. The second kappa shape index (κ2) is 13.2. The van der Waals surface area contributed by atoms with Crippen molar-refractivity contribution in [2.75, 3.05) is 60.5 Å². The lowest BCUT2D eigenvalue weighted by Gasteiger charge is -2.48. The molecule has 9 rings (SSSR count). The number of nitrogens with one attached hydrogen (secondary N) is 1. The zero-order chi connectivity index (χ0) is 38.3. The molecule has 3 saturated heterocycles. The largest absolute Gasteiger partial charge is 0.497 e. The van der Waals surface area contributed by atoms with E-state index in [4.69, 9.17) is 4.74 Å². The third-order valence-electron chi connectivity index (χ3n) is 14.3. The van der Waals surface area contributed by atoms with Gasteiger partial charge in [-0.1, -0.05) is 25.3 Å². The van der Waals surface area contributed by atoms with Gasteiger partial charge in [-0.2, -0.15) is 12.7 Å². The third-order valence-corrected chi connectivity index (χ3v) is 15.7. The molecule has 2 atom stereocenters. The van der Waals surface area contributed by atoms with Crippen LogP contribution in [0.5, 0.6) is 5.75 Å². The van der Waals surface area contributed by atoms with E-state index >= 15 is 0 Å². The Hall–Kier alpha value is -4.10. The van der Waals surface area contributed by atoms with Crippen molar-refractivity contribution in [1.29, 1.82) is 0 Å². The van der Waals surface area contributed by atoms with Crippen LogP contribution in [0, 0.1) is 16.2 Å². The van der Waals surface area contributed by atoms with Crippen molar-refractivity contribution in [2.45, 2.75) is 83.1 Å². The molecule has 13 heteroatoms. The molecule has 0 radical (unpaired) electrons. The first-order chi connectivity index (χ1) is 26.4. The van der Waals surface area contributed by atoms with E-state index in [0.717, 1.165) is 123 Å². The van der Waals surface area contributed by atoms with Crippen LogP contribution in [-0.2, 0) is 21.5 Å². The standard InChI is InChI=1S/C42H54N6O6S/c1-44(2)55(52,53)43-37(49)31-13-16-33-34(23-31)48(36(30-11-14-32(54-3)15-12-30)35(33)29-9-5-4-6-10-29)24-40(17-18-40)38(50)46-25-41-19-20-42(41,26-46)28-47(27-41)39(51)45-21-7-8-22-45/h11-16,23,29H,4-10,17-22,24-28H2,1-3H3,(H,43,49). The minimum atomic E-state index is -4.00. The molecule has 3 aliphatic heterocycles. The highest BCUT2D eigenvalue weighted by Crippen LogP contribution is 2.66. The summed E-state index contributed by atoms with van der Waals surface area (Å²) in [6, 6.07) is 13.8. The Kier molecular flexibility index (Phi) is 8.80. The van der Waals surface area contributed by atoms with Crippen LogP contribution in [-0.4, -0.2) is 110 Å². The summed E-state index contributed by atoms with van der Waals surface area (Å²) in [6.07, 6.45) is 11.4. The minimum absolute atomic E-state index is 0.0220. The number of hydrogen-bond donors (Lipinski definition) is 1. The number of ether oxygens (including phenoxy) is 1. The highest BCUT2D eigenvalue weighted by molar-refractivity contribution is 7.87. The summed E-state index contributed by atoms with van der Waals surface area (Å²) in [5.74, 6) is 0.578. The highest BCUT2D eigenvalue weighted by atomic mass is 32.2. The predicted molar refractivity (Wildman–Crippen MR) is 210 cm³/mol. The topological polar surface area (TPSA) is 124 Å². The van der Waals surface area contributed by atoms with Crippen LogP contribution < -0.4 is 9.46 Å². The number of rotatable bonds is 9. The first-order valence-corrected chi connectivity index (χ1v) is 21.7. The first kappa shape index (κ1) is 36.5. The Morgan fingerprint density at radius 1 is 0.818 bits per heavy atom. The number of aromatic nitrogens is 1. The van der Waals surface area contributed by atoms with Gasteiger partial charge < -0.3 is 24.0 Å². The molecule has 55 heavy (non-hydrogen) atoms. The van der Waals surface area contributed by atoms with Gasteiger partial charge in [0.2, 0.25) is 5.91 Å². The lowest BCUT2D eigenvalue weighted by molar-refractivity contribution is -0.137. The van der Waals surface area contributed by atoms with Crippen LogP contribution in [0.25, 0.3) is 22.2 Å². The maximum atomic E-state index is 14.9. The molecule has 4 heterocycles. The lowest BCUT2D eigenvalue weighted by atomic mass is 9.53. The van der Waals surface area contributed by atoms with E-state index in [0.29, 0.717) is 25.6 Å². The average molecular weight is 771 g/mol. The average Bonchev–Trinajstić information content (AvgIpc) is 3.42. The van der Waals surface area contributed by atoms with E-state index in [9.17, 15) is 22.8 Å². The fraction of sp³-hybridized carbons (Fsp3) is 0.595. The molecule has 1 aromatic heterocycles. The van der Waals surface area contributed by atoms with Crippen molar-refractivity contribution in [2.24, 2.45) is 16.2 Å². The van der Waals surface area contributed by atoms with Gasteiger partial charge in [-0.05, 0) is 105 Å². The van der Waals surface area contributed by atoms with Gasteiger partial charge in [0.15, 0.2) is 0 Å². The summed E-state index contributed by atoms with van der Waals surface area (Å²) < 4.78 is 36.4. The van der Waals surface area contributed by atoms with Gasteiger partial charge >= 0.3 is 16.2 Å². The predicted octanol–water partition coefficient (Wildman–Crippen LogP) is 5.82. The quantitative estimate of drug-likeness (QED) is 0.293. The number of methoxy groups -OCH3 is 1. The van der Waals surface area contributed by atoms with Crippen LogP contribution in [0.3, 0.4) is 0 Å². The van der Waals surface area contributed by atoms with E-state index in [1.165, 1.54) is 26.1 Å². The summed E-state index contributed by atoms with van der Waals surface area (Å²) in [7, 11) is 0.427. The second-order valence-electron chi connectivity index (χ2n) is 17.7. The van der Waals surface area contributed by atoms with Crippen molar-refractivity contribution in [3.05, 3.63) is 53.6 Å². The van der Waals surface area contributed by atoms with Crippen LogP contribution >= 0.6 is 0 Å². The molecular formula is C42H54N6O6S. The van der Waals surface area contributed by atoms with Gasteiger partial charge in [0.1, 0.15) is 5.75 Å². The molecule has 12 nitrogen and oxygen atoms in total. The maximum Gasteiger partial charge on any atom is 0.320 e.